The van der Waals surface area contributed by atoms with Gasteiger partial charge < -0.3 is 4.57 Å². The Morgan fingerprint density at radius 2 is 2.08 bits per heavy atom. The molecule has 0 amide bonds. The van der Waals surface area contributed by atoms with Crippen LogP contribution in [-0.2, 0) is 5.54 Å². The number of hydrogen-bond acceptors (Lipinski definition) is 1. The zero-order valence-corrected chi connectivity index (χ0v) is 8.04. The van der Waals surface area contributed by atoms with E-state index in [0.29, 0.717) is 0 Å². The lowest BCUT2D eigenvalue weighted by Crippen LogP contribution is -2.23. The van der Waals surface area contributed by atoms with Crippen molar-refractivity contribution in [1.29, 1.82) is 0 Å². The summed E-state index contributed by atoms with van der Waals surface area (Å²) in [5.41, 5.74) is 0.189. The molecule has 66 valence electrons. The molecule has 2 heteroatoms. The molecule has 0 atom stereocenters. The molecule has 0 bridgehead atoms. The zero-order valence-electron chi connectivity index (χ0n) is 8.04. The number of rotatable bonds is 1. The molecule has 1 fully saturated rings. The van der Waals surface area contributed by atoms with Crippen LogP contribution in [0.3, 0.4) is 0 Å². The summed E-state index contributed by atoms with van der Waals surface area (Å²) < 4.78 is 2.30. The van der Waals surface area contributed by atoms with Crippen molar-refractivity contribution in [1.82, 2.24) is 9.55 Å². The average Bonchev–Trinajstić information content (AvgIpc) is 2.65. The Morgan fingerprint density at radius 3 is 2.58 bits per heavy atom. The van der Waals surface area contributed by atoms with E-state index in [9.17, 15) is 0 Å². The van der Waals surface area contributed by atoms with Crippen LogP contribution in [0.5, 0.6) is 0 Å². The van der Waals surface area contributed by atoms with Crippen molar-refractivity contribution in [2.24, 2.45) is 0 Å². The molecule has 1 saturated carbocycles. The number of nitrogens with zero attached hydrogens (tertiary/aromatic N) is 2. The Morgan fingerprint density at radius 1 is 1.42 bits per heavy atom. The Kier molecular flexibility index (Phi) is 1.53. The third kappa shape index (κ3) is 1.26. The smallest absolute Gasteiger partial charge is 0.112 e. The van der Waals surface area contributed by atoms with E-state index < -0.39 is 0 Å². The minimum absolute atomic E-state index is 0.189. The van der Waals surface area contributed by atoms with Crippen molar-refractivity contribution in [3.8, 4) is 0 Å². The molecule has 0 aliphatic heterocycles. The van der Waals surface area contributed by atoms with Crippen molar-refractivity contribution < 1.29 is 0 Å². The maximum Gasteiger partial charge on any atom is 0.112 e. The van der Waals surface area contributed by atoms with Crippen molar-refractivity contribution in [2.45, 2.75) is 45.1 Å². The molecule has 1 aliphatic rings. The fourth-order valence-corrected chi connectivity index (χ4v) is 1.53. The molecule has 1 aromatic heterocycles. The SMILES string of the molecule is CC(C)(C)n1ccnc1C1CC1. The van der Waals surface area contributed by atoms with Crippen LogP contribution in [0.2, 0.25) is 0 Å². The van der Waals surface area contributed by atoms with Gasteiger partial charge in [0.15, 0.2) is 0 Å². The Balaban J connectivity index is 2.36. The van der Waals surface area contributed by atoms with E-state index in [4.69, 9.17) is 0 Å². The second-order valence-corrected chi connectivity index (χ2v) is 4.60. The zero-order chi connectivity index (χ0) is 8.77. The van der Waals surface area contributed by atoms with Crippen LogP contribution in [0, 0.1) is 0 Å². The first kappa shape index (κ1) is 7.84. The summed E-state index contributed by atoms with van der Waals surface area (Å²) in [6.07, 6.45) is 6.66. The molecule has 1 aromatic rings. The lowest BCUT2D eigenvalue weighted by atomic mass is 10.1. The summed E-state index contributed by atoms with van der Waals surface area (Å²) in [6.45, 7) is 6.67. The average molecular weight is 164 g/mol. The first-order valence-corrected chi connectivity index (χ1v) is 4.63. The van der Waals surface area contributed by atoms with Gasteiger partial charge in [0.05, 0.1) is 0 Å². The first-order chi connectivity index (χ1) is 5.59. The summed E-state index contributed by atoms with van der Waals surface area (Å²) >= 11 is 0. The predicted octanol–water partition coefficient (Wildman–Crippen LogP) is 2.52. The quantitative estimate of drug-likeness (QED) is 0.623. The van der Waals surface area contributed by atoms with Crippen LogP contribution in [0.1, 0.15) is 45.4 Å². The molecule has 12 heavy (non-hydrogen) atoms. The van der Waals surface area contributed by atoms with Crippen LogP contribution in [0.4, 0.5) is 0 Å². The van der Waals surface area contributed by atoms with Crippen molar-refractivity contribution in [3.05, 3.63) is 18.2 Å². The van der Waals surface area contributed by atoms with E-state index in [1.54, 1.807) is 0 Å². The summed E-state index contributed by atoms with van der Waals surface area (Å²) in [4.78, 5) is 4.41. The van der Waals surface area contributed by atoms with Gasteiger partial charge in [0.25, 0.3) is 0 Å². The van der Waals surface area contributed by atoms with Gasteiger partial charge in [0, 0.05) is 23.9 Å². The maximum atomic E-state index is 4.41. The minimum atomic E-state index is 0.189. The lowest BCUT2D eigenvalue weighted by molar-refractivity contribution is 0.382. The van der Waals surface area contributed by atoms with Gasteiger partial charge in [-0.25, -0.2) is 4.98 Å². The Hall–Kier alpha value is -0.790. The standard InChI is InChI=1S/C10H16N2/c1-10(2,3)12-7-6-11-9(12)8-4-5-8/h6-8H,4-5H2,1-3H3. The molecule has 1 heterocycles. The van der Waals surface area contributed by atoms with Gasteiger partial charge >= 0.3 is 0 Å². The van der Waals surface area contributed by atoms with E-state index in [1.807, 2.05) is 6.20 Å². The molecular weight excluding hydrogens is 148 g/mol. The highest BCUT2D eigenvalue weighted by Gasteiger charge is 2.30. The summed E-state index contributed by atoms with van der Waals surface area (Å²) in [6, 6.07) is 0. The van der Waals surface area contributed by atoms with Gasteiger partial charge in [-0.1, -0.05) is 0 Å². The monoisotopic (exact) mass is 164 g/mol. The van der Waals surface area contributed by atoms with Gasteiger partial charge in [-0.05, 0) is 33.6 Å². The first-order valence-electron chi connectivity index (χ1n) is 4.63. The molecular formula is C10H16N2. The van der Waals surface area contributed by atoms with Crippen molar-refractivity contribution >= 4 is 0 Å². The summed E-state index contributed by atoms with van der Waals surface area (Å²) in [5.74, 6) is 2.03. The molecule has 1 aliphatic carbocycles. The van der Waals surface area contributed by atoms with Crippen LogP contribution in [0.25, 0.3) is 0 Å². The topological polar surface area (TPSA) is 17.8 Å². The van der Waals surface area contributed by atoms with Crippen LogP contribution in [-0.4, -0.2) is 9.55 Å². The van der Waals surface area contributed by atoms with E-state index >= 15 is 0 Å². The number of hydrogen-bond donors (Lipinski definition) is 0. The molecule has 0 spiro atoms. The third-order valence-corrected chi connectivity index (χ3v) is 2.33. The normalized spacial score (nSPS) is 18.2. The second-order valence-electron chi connectivity index (χ2n) is 4.60. The molecule has 0 N–H and O–H groups in total. The minimum Gasteiger partial charge on any atom is -0.329 e. The van der Waals surface area contributed by atoms with Gasteiger partial charge in [-0.2, -0.15) is 0 Å². The summed E-state index contributed by atoms with van der Waals surface area (Å²) in [7, 11) is 0. The Labute approximate surface area is 73.6 Å². The van der Waals surface area contributed by atoms with Gasteiger partial charge in [-0.3, -0.25) is 0 Å². The van der Waals surface area contributed by atoms with Gasteiger partial charge in [-0.15, -0.1) is 0 Å². The van der Waals surface area contributed by atoms with Crippen molar-refractivity contribution in [2.75, 3.05) is 0 Å². The van der Waals surface area contributed by atoms with E-state index in [2.05, 4.69) is 36.5 Å². The van der Waals surface area contributed by atoms with E-state index in [-0.39, 0.29) is 5.54 Å². The fraction of sp³-hybridized carbons (Fsp3) is 0.700. The highest BCUT2D eigenvalue weighted by Crippen LogP contribution is 2.40. The highest BCUT2D eigenvalue weighted by molar-refractivity contribution is 5.09. The van der Waals surface area contributed by atoms with Crippen molar-refractivity contribution in [3.63, 3.8) is 0 Å². The molecule has 0 unspecified atom stereocenters. The van der Waals surface area contributed by atoms with Crippen LogP contribution in [0.15, 0.2) is 12.4 Å². The highest BCUT2D eigenvalue weighted by atomic mass is 15.1. The molecule has 0 saturated heterocycles. The molecule has 2 nitrogen and oxygen atoms in total. The van der Waals surface area contributed by atoms with E-state index in [0.717, 1.165) is 5.92 Å². The largest absolute Gasteiger partial charge is 0.329 e. The number of aromatic nitrogens is 2. The maximum absolute atomic E-state index is 4.41. The van der Waals surface area contributed by atoms with Crippen LogP contribution < -0.4 is 0 Å². The number of imidazole rings is 1. The third-order valence-electron chi connectivity index (χ3n) is 2.33. The fourth-order valence-electron chi connectivity index (χ4n) is 1.53. The Bertz CT molecular complexity index is 276. The molecule has 2 rings (SSSR count). The second kappa shape index (κ2) is 2.35. The lowest BCUT2D eigenvalue weighted by Gasteiger charge is -2.23. The predicted molar refractivity (Wildman–Crippen MR) is 49.2 cm³/mol. The molecule has 0 radical (unpaired) electrons. The van der Waals surface area contributed by atoms with Gasteiger partial charge in [0.1, 0.15) is 5.82 Å². The van der Waals surface area contributed by atoms with Crippen LogP contribution >= 0.6 is 0 Å². The van der Waals surface area contributed by atoms with Gasteiger partial charge in [0.2, 0.25) is 0 Å². The summed E-state index contributed by atoms with van der Waals surface area (Å²) in [5, 5.41) is 0. The molecule has 0 aromatic carbocycles. The van der Waals surface area contributed by atoms with E-state index in [1.165, 1.54) is 18.7 Å².